The highest BCUT2D eigenvalue weighted by molar-refractivity contribution is 5.78. The molecule has 1 saturated carbocycles. The Morgan fingerprint density at radius 2 is 2.20 bits per heavy atom. The Bertz CT molecular complexity index is 572. The van der Waals surface area contributed by atoms with E-state index in [-0.39, 0.29) is 30.8 Å². The largest absolute Gasteiger partial charge is 0.394 e. The van der Waals surface area contributed by atoms with Crippen molar-refractivity contribution in [2.24, 2.45) is 0 Å². The van der Waals surface area contributed by atoms with Gasteiger partial charge in [0.25, 0.3) is 0 Å². The van der Waals surface area contributed by atoms with Gasteiger partial charge in [-0.15, -0.1) is 5.10 Å². The fourth-order valence-electron chi connectivity index (χ4n) is 3.31. The van der Waals surface area contributed by atoms with E-state index in [0.29, 0.717) is 12.5 Å². The number of aliphatic hydroxyl groups is 1. The Hall–Kier alpha value is -1.51. The lowest BCUT2D eigenvalue weighted by Crippen LogP contribution is -2.52. The summed E-state index contributed by atoms with van der Waals surface area (Å²) in [5.41, 5.74) is 1.10. The van der Waals surface area contributed by atoms with Crippen molar-refractivity contribution in [1.29, 1.82) is 0 Å². The normalized spacial score (nSPS) is 26.8. The average Bonchev–Trinajstić information content (AvgIpc) is 3.32. The topological polar surface area (TPSA) is 92.5 Å². The van der Waals surface area contributed by atoms with Crippen molar-refractivity contribution in [3.63, 3.8) is 0 Å². The van der Waals surface area contributed by atoms with Crippen molar-refractivity contribution in [3.8, 4) is 0 Å². The number of ether oxygens (including phenoxy) is 1. The minimum absolute atomic E-state index is 0.0364. The zero-order valence-electron chi connectivity index (χ0n) is 15.1. The van der Waals surface area contributed by atoms with E-state index in [2.05, 4.69) is 15.6 Å². The van der Waals surface area contributed by atoms with Crippen LogP contribution in [0.5, 0.6) is 0 Å². The van der Waals surface area contributed by atoms with Gasteiger partial charge in [-0.2, -0.15) is 0 Å². The van der Waals surface area contributed by atoms with E-state index in [0.717, 1.165) is 31.5 Å². The Morgan fingerprint density at radius 3 is 2.88 bits per heavy atom. The van der Waals surface area contributed by atoms with E-state index in [4.69, 9.17) is 4.74 Å². The number of nitrogens with zero attached hydrogens (tertiary/aromatic N) is 4. The highest BCUT2D eigenvalue weighted by atomic mass is 16.5. The standard InChI is InChI=1S/C17H29N5O3/c1-21(2)10-17(24)18-14-6-5-13(25-16(14)11-23)7-8-22-9-15(19-20-22)12-3-4-12/h9,12-14,16,23H,3-8,10-11H2,1-2H3,(H,18,24)/t13-,14-,16-/m0/s1. The molecule has 2 N–H and O–H groups in total. The molecule has 2 fully saturated rings. The molecule has 1 aliphatic carbocycles. The lowest BCUT2D eigenvalue weighted by molar-refractivity contribution is -0.129. The number of aromatic nitrogens is 3. The van der Waals surface area contributed by atoms with Crippen molar-refractivity contribution in [2.45, 2.75) is 62.8 Å². The number of hydrogen-bond donors (Lipinski definition) is 2. The van der Waals surface area contributed by atoms with Crippen LogP contribution in [0.15, 0.2) is 6.20 Å². The van der Waals surface area contributed by atoms with Gasteiger partial charge in [0.15, 0.2) is 0 Å². The SMILES string of the molecule is CN(C)CC(=O)N[C@H]1CC[C@@H](CCn2cc(C3CC3)nn2)O[C@H]1CO. The summed E-state index contributed by atoms with van der Waals surface area (Å²) in [6.45, 7) is 1.02. The molecular formula is C17H29N5O3. The first-order chi connectivity index (χ1) is 12.0. The number of hydrogen-bond acceptors (Lipinski definition) is 6. The van der Waals surface area contributed by atoms with Gasteiger partial charge in [-0.05, 0) is 46.2 Å². The lowest BCUT2D eigenvalue weighted by Gasteiger charge is -2.36. The van der Waals surface area contributed by atoms with E-state index < -0.39 is 0 Å². The molecule has 3 rings (SSSR count). The van der Waals surface area contributed by atoms with Gasteiger partial charge < -0.3 is 20.1 Å². The average molecular weight is 351 g/mol. The Kier molecular flexibility index (Phi) is 6.03. The van der Waals surface area contributed by atoms with E-state index in [1.165, 1.54) is 12.8 Å². The minimum atomic E-state index is -0.345. The fourth-order valence-corrected chi connectivity index (χ4v) is 3.31. The van der Waals surface area contributed by atoms with Crippen LogP contribution < -0.4 is 5.32 Å². The summed E-state index contributed by atoms with van der Waals surface area (Å²) in [4.78, 5) is 13.8. The highest BCUT2D eigenvalue weighted by Gasteiger charge is 2.32. The summed E-state index contributed by atoms with van der Waals surface area (Å²) < 4.78 is 7.89. The summed E-state index contributed by atoms with van der Waals surface area (Å²) in [5.74, 6) is 0.579. The quantitative estimate of drug-likeness (QED) is 0.692. The molecule has 1 saturated heterocycles. The van der Waals surface area contributed by atoms with Crippen LogP contribution in [-0.2, 0) is 16.1 Å². The molecule has 8 heteroatoms. The summed E-state index contributed by atoms with van der Waals surface area (Å²) in [7, 11) is 3.71. The molecule has 0 aromatic carbocycles. The van der Waals surface area contributed by atoms with Crippen LogP contribution in [0, 0.1) is 0 Å². The first-order valence-electron chi connectivity index (χ1n) is 9.15. The molecule has 2 heterocycles. The molecule has 0 spiro atoms. The van der Waals surface area contributed by atoms with Gasteiger partial charge in [0, 0.05) is 18.7 Å². The Balaban J connectivity index is 1.44. The number of rotatable bonds is 8. The minimum Gasteiger partial charge on any atom is -0.394 e. The van der Waals surface area contributed by atoms with Gasteiger partial charge in [-0.1, -0.05) is 5.21 Å². The molecule has 140 valence electrons. The molecule has 0 bridgehead atoms. The predicted molar refractivity (Wildman–Crippen MR) is 92.1 cm³/mol. The van der Waals surface area contributed by atoms with Gasteiger partial charge in [0.2, 0.25) is 5.91 Å². The maximum Gasteiger partial charge on any atom is 0.234 e. The van der Waals surface area contributed by atoms with E-state index in [1.54, 1.807) is 0 Å². The molecule has 1 aliphatic heterocycles. The fraction of sp³-hybridized carbons (Fsp3) is 0.824. The molecule has 8 nitrogen and oxygen atoms in total. The van der Waals surface area contributed by atoms with Crippen molar-refractivity contribution in [1.82, 2.24) is 25.2 Å². The third kappa shape index (κ3) is 5.23. The highest BCUT2D eigenvalue weighted by Crippen LogP contribution is 2.38. The first kappa shape index (κ1) is 18.3. The van der Waals surface area contributed by atoms with Gasteiger partial charge >= 0.3 is 0 Å². The maximum atomic E-state index is 11.9. The number of carbonyl (C=O) groups excluding carboxylic acids is 1. The summed E-state index contributed by atoms with van der Waals surface area (Å²) >= 11 is 0. The molecule has 1 amide bonds. The Labute approximate surface area is 148 Å². The summed E-state index contributed by atoms with van der Waals surface area (Å²) in [5, 5.41) is 21.0. The molecule has 1 aromatic rings. The Morgan fingerprint density at radius 1 is 1.40 bits per heavy atom. The van der Waals surface area contributed by atoms with Crippen molar-refractivity contribution in [3.05, 3.63) is 11.9 Å². The molecule has 1 aromatic heterocycles. The molecular weight excluding hydrogens is 322 g/mol. The summed E-state index contributed by atoms with van der Waals surface area (Å²) in [6.07, 6.45) is 6.74. The lowest BCUT2D eigenvalue weighted by atomic mass is 9.97. The predicted octanol–water partition coefficient (Wildman–Crippen LogP) is 0.132. The zero-order valence-corrected chi connectivity index (χ0v) is 15.1. The molecule has 2 aliphatic rings. The second kappa shape index (κ2) is 8.25. The van der Waals surface area contributed by atoms with Crippen LogP contribution in [0.3, 0.4) is 0 Å². The van der Waals surface area contributed by atoms with Crippen LogP contribution in [0.2, 0.25) is 0 Å². The van der Waals surface area contributed by atoms with E-state index in [9.17, 15) is 9.90 Å². The first-order valence-corrected chi connectivity index (χ1v) is 9.15. The number of aliphatic hydroxyl groups excluding tert-OH is 1. The van der Waals surface area contributed by atoms with Gasteiger partial charge in [0.05, 0.1) is 31.0 Å². The monoisotopic (exact) mass is 351 g/mol. The van der Waals surface area contributed by atoms with Crippen LogP contribution in [-0.4, -0.2) is 76.4 Å². The number of nitrogens with one attached hydrogen (secondary N) is 1. The van der Waals surface area contributed by atoms with Crippen molar-refractivity contribution >= 4 is 5.91 Å². The van der Waals surface area contributed by atoms with E-state index in [1.807, 2.05) is 29.9 Å². The second-order valence-corrected chi connectivity index (χ2v) is 7.44. The zero-order chi connectivity index (χ0) is 17.8. The van der Waals surface area contributed by atoms with E-state index >= 15 is 0 Å². The summed E-state index contributed by atoms with van der Waals surface area (Å²) in [6, 6.07) is -0.124. The van der Waals surface area contributed by atoms with Gasteiger partial charge in [-0.25, -0.2) is 0 Å². The van der Waals surface area contributed by atoms with Crippen LogP contribution in [0.1, 0.15) is 43.7 Å². The van der Waals surface area contributed by atoms with Gasteiger partial charge in [0.1, 0.15) is 6.10 Å². The van der Waals surface area contributed by atoms with Crippen LogP contribution in [0.4, 0.5) is 0 Å². The molecule has 0 unspecified atom stereocenters. The third-order valence-corrected chi connectivity index (χ3v) is 4.83. The van der Waals surface area contributed by atoms with Crippen LogP contribution >= 0.6 is 0 Å². The number of carbonyl (C=O) groups is 1. The molecule has 3 atom stereocenters. The van der Waals surface area contributed by atoms with Crippen molar-refractivity contribution < 1.29 is 14.6 Å². The maximum absolute atomic E-state index is 11.9. The molecule has 25 heavy (non-hydrogen) atoms. The second-order valence-electron chi connectivity index (χ2n) is 7.44. The van der Waals surface area contributed by atoms with Crippen LogP contribution in [0.25, 0.3) is 0 Å². The number of likely N-dealkylation sites (N-methyl/N-ethyl adjacent to an activating group) is 1. The smallest absolute Gasteiger partial charge is 0.234 e. The number of amides is 1. The molecule has 0 radical (unpaired) electrons. The third-order valence-electron chi connectivity index (χ3n) is 4.83. The van der Waals surface area contributed by atoms with Crippen molar-refractivity contribution in [2.75, 3.05) is 27.2 Å². The number of aryl methyl sites for hydroxylation is 1. The van der Waals surface area contributed by atoms with Gasteiger partial charge in [-0.3, -0.25) is 9.48 Å².